The molecule has 0 saturated heterocycles. The maximum atomic E-state index is 14.6. The Hall–Kier alpha value is -5.00. The number of nitrogens with two attached hydrogens (primary N) is 3. The average molecular weight is 630 g/mol. The average Bonchev–Trinajstić information content (AvgIpc) is 2.96. The number of ether oxygens (including phenoxy) is 1. The lowest BCUT2D eigenvalue weighted by Gasteiger charge is -2.58. The lowest BCUT2D eigenvalue weighted by molar-refractivity contribution is -0.139. The minimum Gasteiger partial charge on any atom is -0.509 e. The predicted octanol–water partition coefficient (Wildman–Crippen LogP) is 1.19. The summed E-state index contributed by atoms with van der Waals surface area (Å²) in [5.74, 6) is -5.61. The monoisotopic (exact) mass is 629 g/mol. The Kier molecular flexibility index (Phi) is 7.62. The zero-order valence-electron chi connectivity index (χ0n) is 25.5. The molecule has 240 valence electrons. The molecule has 3 aliphatic carbocycles. The van der Waals surface area contributed by atoms with Crippen LogP contribution in [0.3, 0.4) is 0 Å². The van der Waals surface area contributed by atoms with E-state index in [1.807, 2.05) is 0 Å². The van der Waals surface area contributed by atoms with Crippen LogP contribution in [-0.4, -0.2) is 81.1 Å². The van der Waals surface area contributed by atoms with Crippen molar-refractivity contribution in [2.45, 2.75) is 42.5 Å². The topological polar surface area (TPSA) is 246 Å². The molecule has 10 N–H and O–H groups in total. The molecule has 13 nitrogen and oxygen atoms in total. The number of primary amides is 1. The number of ketones is 2. The van der Waals surface area contributed by atoms with Crippen LogP contribution in [0.15, 0.2) is 59.9 Å². The molecule has 0 bridgehead atoms. The number of nitriles is 1. The van der Waals surface area contributed by atoms with Gasteiger partial charge in [-0.15, -0.1) is 6.58 Å². The van der Waals surface area contributed by atoms with E-state index in [-0.39, 0.29) is 18.4 Å². The molecule has 5 rings (SSSR count). The van der Waals surface area contributed by atoms with Crippen molar-refractivity contribution in [1.29, 1.82) is 5.26 Å². The predicted molar refractivity (Wildman–Crippen MR) is 166 cm³/mol. The van der Waals surface area contributed by atoms with Gasteiger partial charge in [-0.1, -0.05) is 18.2 Å². The molecule has 2 aromatic rings. The highest BCUT2D eigenvalue weighted by Crippen LogP contribution is 2.59. The number of likely N-dealkylation sites (N-methyl/N-ethyl adjacent to an activating group) is 1. The van der Waals surface area contributed by atoms with Gasteiger partial charge in [0.1, 0.15) is 28.6 Å². The van der Waals surface area contributed by atoms with Gasteiger partial charge in [0.25, 0.3) is 5.91 Å². The van der Waals surface area contributed by atoms with Crippen LogP contribution < -0.4 is 21.9 Å². The van der Waals surface area contributed by atoms with E-state index in [2.05, 4.69) is 6.58 Å². The van der Waals surface area contributed by atoms with Crippen molar-refractivity contribution in [1.82, 2.24) is 4.90 Å². The molecule has 0 aliphatic heterocycles. The molecule has 0 radical (unpaired) electrons. The van der Waals surface area contributed by atoms with Crippen molar-refractivity contribution in [3.05, 3.63) is 76.6 Å². The maximum absolute atomic E-state index is 14.6. The number of nitrogens with zero attached hydrogens (tertiary/aromatic N) is 2. The quantitative estimate of drug-likeness (QED) is 0.169. The zero-order chi connectivity index (χ0) is 34.1. The highest BCUT2D eigenvalue weighted by molar-refractivity contribution is 6.25. The Bertz CT molecular complexity index is 1840. The van der Waals surface area contributed by atoms with Gasteiger partial charge < -0.3 is 42.4 Å². The van der Waals surface area contributed by atoms with Crippen LogP contribution in [0.4, 0.5) is 0 Å². The number of aliphatic hydroxyl groups excluding tert-OH is 3. The Labute approximate surface area is 264 Å². The van der Waals surface area contributed by atoms with Gasteiger partial charge in [0, 0.05) is 5.56 Å². The Morgan fingerprint density at radius 3 is 2.43 bits per heavy atom. The highest BCUT2D eigenvalue weighted by atomic mass is 16.5. The second-order valence-electron chi connectivity index (χ2n) is 12.3. The third kappa shape index (κ3) is 4.11. The molecular weight excluding hydrogens is 594 g/mol. The van der Waals surface area contributed by atoms with Crippen LogP contribution in [0.5, 0.6) is 11.5 Å². The summed E-state index contributed by atoms with van der Waals surface area (Å²) in [6.45, 7) is 3.67. The number of hydrogen-bond donors (Lipinski definition) is 7. The van der Waals surface area contributed by atoms with Crippen molar-refractivity contribution in [3.63, 3.8) is 0 Å². The van der Waals surface area contributed by atoms with Crippen molar-refractivity contribution in [2.75, 3.05) is 21.2 Å². The second kappa shape index (κ2) is 10.8. The smallest absolute Gasteiger partial charge is 0.255 e. The van der Waals surface area contributed by atoms with Crippen molar-refractivity contribution in [3.8, 4) is 28.7 Å². The lowest BCUT2D eigenvalue weighted by atomic mass is 9.47. The summed E-state index contributed by atoms with van der Waals surface area (Å²) < 4.78 is 5.61. The fourth-order valence-electron chi connectivity index (χ4n) is 7.52. The molecule has 5 atom stereocenters. The molecule has 13 heteroatoms. The number of aromatic hydroxyl groups is 1. The molecule has 0 heterocycles. The van der Waals surface area contributed by atoms with Gasteiger partial charge in [-0.25, -0.2) is 0 Å². The molecule has 3 aliphatic rings. The van der Waals surface area contributed by atoms with Gasteiger partial charge in [-0.2, -0.15) is 5.26 Å². The first-order valence-electron chi connectivity index (χ1n) is 14.3. The number of carbonyl (C=O) groups is 3. The van der Waals surface area contributed by atoms with Crippen molar-refractivity contribution >= 4 is 23.2 Å². The van der Waals surface area contributed by atoms with Gasteiger partial charge in [-0.3, -0.25) is 19.3 Å². The Morgan fingerprint density at radius 1 is 1.20 bits per heavy atom. The summed E-state index contributed by atoms with van der Waals surface area (Å²) in [5.41, 5.74) is 12.6. The van der Waals surface area contributed by atoms with E-state index in [1.54, 1.807) is 36.4 Å². The number of carbonyl (C=O) groups excluding carboxylic acids is 3. The molecule has 1 saturated carbocycles. The Balaban J connectivity index is 1.84. The molecule has 0 spiro atoms. The van der Waals surface area contributed by atoms with Gasteiger partial charge in [-0.05, 0) is 68.2 Å². The van der Waals surface area contributed by atoms with E-state index in [0.29, 0.717) is 28.0 Å². The molecule has 0 aromatic heterocycles. The van der Waals surface area contributed by atoms with E-state index in [9.17, 15) is 40.1 Å². The van der Waals surface area contributed by atoms with E-state index >= 15 is 0 Å². The number of aliphatic hydroxyl groups is 3. The number of fused-ring (bicyclic) bond motifs is 3. The summed E-state index contributed by atoms with van der Waals surface area (Å²) in [6.07, 6.45) is 0.208. The largest absolute Gasteiger partial charge is 0.509 e. The van der Waals surface area contributed by atoms with Gasteiger partial charge in [0.15, 0.2) is 17.0 Å². The van der Waals surface area contributed by atoms with Gasteiger partial charge in [0.2, 0.25) is 0 Å². The number of rotatable bonds is 7. The number of methoxy groups -OCH3 is 1. The lowest BCUT2D eigenvalue weighted by Crippen LogP contribution is -2.80. The fourth-order valence-corrected chi connectivity index (χ4v) is 7.52. The second-order valence-corrected chi connectivity index (χ2v) is 12.3. The normalized spacial score (nSPS) is 27.8. The number of hydrogen-bond acceptors (Lipinski definition) is 12. The van der Waals surface area contributed by atoms with Crippen LogP contribution >= 0.6 is 0 Å². The number of benzene rings is 2. The van der Waals surface area contributed by atoms with Crippen molar-refractivity contribution in [2.24, 2.45) is 22.6 Å². The van der Waals surface area contributed by atoms with Gasteiger partial charge in [0.05, 0.1) is 47.5 Å². The molecular formula is C33H35N5O8. The van der Waals surface area contributed by atoms with Crippen molar-refractivity contribution < 1.29 is 39.5 Å². The molecule has 1 unspecified atom stereocenters. The summed E-state index contributed by atoms with van der Waals surface area (Å²) in [7, 11) is 4.35. The molecule has 46 heavy (non-hydrogen) atoms. The summed E-state index contributed by atoms with van der Waals surface area (Å²) in [6, 6.07) is 8.13. The van der Waals surface area contributed by atoms with E-state index in [1.165, 1.54) is 32.2 Å². The van der Waals surface area contributed by atoms with Gasteiger partial charge >= 0.3 is 0 Å². The first-order valence-corrected chi connectivity index (χ1v) is 14.3. The van der Waals surface area contributed by atoms with Crippen LogP contribution in [0, 0.1) is 16.7 Å². The number of phenols is 1. The van der Waals surface area contributed by atoms with E-state index < -0.39 is 80.9 Å². The first-order chi connectivity index (χ1) is 21.6. The Morgan fingerprint density at radius 2 is 1.87 bits per heavy atom. The fraction of sp³-hybridized carbons (Fsp3) is 0.333. The van der Waals surface area contributed by atoms with Crippen LogP contribution in [-0.2, 0) is 20.8 Å². The minimum atomic E-state index is -2.75. The molecule has 1 amide bonds. The number of amides is 1. The maximum Gasteiger partial charge on any atom is 0.255 e. The van der Waals surface area contributed by atoms with Crippen LogP contribution in [0.1, 0.15) is 35.6 Å². The summed E-state index contributed by atoms with van der Waals surface area (Å²) >= 11 is 0. The van der Waals surface area contributed by atoms with Crippen LogP contribution in [0.2, 0.25) is 0 Å². The standard InChI is InChI=1S/C33H35N5O8/c1-5-6-19(39)15-7-10-21(46-4)17(11-15)16-8-9-20(40)22-18(16)12-31(36)13-33(37)27(38(2)3)26(42)23(30(35)45)28(43)32(33,14-34)29(44)24(31)25(22)41/h5,7-11,19,27,39-41,43H,1,6,12-13,36-37H2,2-4H3,(H2,35,45)/t19?,27-,31-,32+,33-/m1/s1. The summed E-state index contributed by atoms with van der Waals surface area (Å²) in [4.78, 5) is 41.9. The van der Waals surface area contributed by atoms with E-state index in [4.69, 9.17) is 21.9 Å². The van der Waals surface area contributed by atoms with Crippen LogP contribution in [0.25, 0.3) is 16.9 Å². The zero-order valence-corrected chi connectivity index (χ0v) is 25.5. The number of Topliss-reactive ketones (excluding diaryl/α,β-unsaturated/α-hetero) is 2. The third-order valence-electron chi connectivity index (χ3n) is 9.42. The molecule has 2 aromatic carbocycles. The highest BCUT2D eigenvalue weighted by Gasteiger charge is 2.74. The third-order valence-corrected chi connectivity index (χ3v) is 9.42. The first kappa shape index (κ1) is 32.4. The minimum absolute atomic E-state index is 0.159. The van der Waals surface area contributed by atoms with E-state index in [0.717, 1.165) is 0 Å². The number of phenolic OH excluding ortho intramolecular Hbond substituents is 1. The SMILES string of the molecule is C=CCC(O)c1ccc(OC)c(-c2ccc(O)c3c2C[C@@]2(N)C[C@@]4(N)[C@H](N(C)C)C(=O)C(C(N)=O)=C(O)[C@@]4(C#N)C(=O)C2=C3O)c1. The summed E-state index contributed by atoms with van der Waals surface area (Å²) in [5, 5.41) is 55.4. The molecule has 1 fully saturated rings.